The Labute approximate surface area is 74.7 Å². The monoisotopic (exact) mass is 169 g/mol. The first-order valence-corrected chi connectivity index (χ1v) is 4.69. The van der Waals surface area contributed by atoms with Crippen LogP contribution in [-0.4, -0.2) is 23.8 Å². The molecule has 0 aliphatic carbocycles. The summed E-state index contributed by atoms with van der Waals surface area (Å²) in [5.41, 5.74) is 0.988. The second-order valence-corrected chi connectivity index (χ2v) is 4.13. The molecule has 2 N–H and O–H groups in total. The lowest BCUT2D eigenvalue weighted by molar-refractivity contribution is 0.0711. The molecule has 1 aliphatic heterocycles. The minimum Gasteiger partial charge on any atom is -0.390 e. The van der Waals surface area contributed by atoms with Crippen LogP contribution in [0.15, 0.2) is 11.6 Å². The topological polar surface area (TPSA) is 32.3 Å². The molecule has 0 fully saturated rings. The Morgan fingerprint density at radius 2 is 2.33 bits per heavy atom. The van der Waals surface area contributed by atoms with Crippen molar-refractivity contribution >= 4 is 0 Å². The molecule has 0 aromatic rings. The zero-order valence-electron chi connectivity index (χ0n) is 8.06. The maximum Gasteiger partial charge on any atom is 0.0594 e. The van der Waals surface area contributed by atoms with Gasteiger partial charge in [0.2, 0.25) is 0 Å². The normalized spacial score (nSPS) is 19.1. The van der Waals surface area contributed by atoms with E-state index >= 15 is 0 Å². The number of hydrogen-bond acceptors (Lipinski definition) is 2. The molecule has 0 radical (unpaired) electrons. The molecule has 2 heteroatoms. The second kappa shape index (κ2) is 4.06. The molecular formula is C10H19NO. The van der Waals surface area contributed by atoms with Gasteiger partial charge in [-0.15, -0.1) is 0 Å². The standard InChI is InChI=1S/C10H19NO/c1-10(2,12)6-3-9-4-7-11-8-5-9/h4,11-12H,3,5-8H2,1-2H3. The first-order chi connectivity index (χ1) is 5.58. The number of rotatable bonds is 3. The van der Waals surface area contributed by atoms with Gasteiger partial charge in [0.15, 0.2) is 0 Å². The van der Waals surface area contributed by atoms with Crippen molar-refractivity contribution in [3.8, 4) is 0 Å². The van der Waals surface area contributed by atoms with Gasteiger partial charge in [-0.2, -0.15) is 0 Å². The van der Waals surface area contributed by atoms with Crippen LogP contribution >= 0.6 is 0 Å². The van der Waals surface area contributed by atoms with Crippen molar-refractivity contribution in [2.75, 3.05) is 13.1 Å². The maximum atomic E-state index is 9.51. The van der Waals surface area contributed by atoms with E-state index in [-0.39, 0.29) is 0 Å². The van der Waals surface area contributed by atoms with Gasteiger partial charge in [0.25, 0.3) is 0 Å². The van der Waals surface area contributed by atoms with Crippen molar-refractivity contribution in [2.24, 2.45) is 0 Å². The van der Waals surface area contributed by atoms with Crippen LogP contribution < -0.4 is 5.32 Å². The molecule has 0 unspecified atom stereocenters. The van der Waals surface area contributed by atoms with E-state index in [0.717, 1.165) is 32.4 Å². The Kier molecular flexibility index (Phi) is 3.29. The van der Waals surface area contributed by atoms with Crippen LogP contribution in [0.5, 0.6) is 0 Å². The Hall–Kier alpha value is -0.340. The summed E-state index contributed by atoms with van der Waals surface area (Å²) in [5.74, 6) is 0. The molecule has 0 spiro atoms. The first-order valence-electron chi connectivity index (χ1n) is 4.69. The van der Waals surface area contributed by atoms with Gasteiger partial charge in [0.1, 0.15) is 0 Å². The van der Waals surface area contributed by atoms with Crippen LogP contribution in [0.2, 0.25) is 0 Å². The van der Waals surface area contributed by atoms with Gasteiger partial charge in [-0.3, -0.25) is 0 Å². The molecule has 1 aliphatic rings. The molecule has 1 rings (SSSR count). The minimum atomic E-state index is -0.508. The van der Waals surface area contributed by atoms with Gasteiger partial charge in [-0.25, -0.2) is 0 Å². The maximum absolute atomic E-state index is 9.51. The smallest absolute Gasteiger partial charge is 0.0594 e. The molecule has 0 amide bonds. The van der Waals surface area contributed by atoms with Crippen molar-refractivity contribution < 1.29 is 5.11 Å². The predicted octanol–water partition coefficient (Wildman–Crippen LogP) is 1.46. The van der Waals surface area contributed by atoms with Gasteiger partial charge in [-0.1, -0.05) is 11.6 Å². The third-order valence-electron chi connectivity index (χ3n) is 2.22. The lowest BCUT2D eigenvalue weighted by Crippen LogP contribution is -2.22. The predicted molar refractivity (Wildman–Crippen MR) is 51.1 cm³/mol. The highest BCUT2D eigenvalue weighted by Crippen LogP contribution is 2.18. The van der Waals surface area contributed by atoms with E-state index in [1.165, 1.54) is 5.57 Å². The van der Waals surface area contributed by atoms with Crippen molar-refractivity contribution in [1.82, 2.24) is 5.32 Å². The fourth-order valence-corrected chi connectivity index (χ4v) is 1.36. The van der Waals surface area contributed by atoms with Gasteiger partial charge < -0.3 is 10.4 Å². The lowest BCUT2D eigenvalue weighted by Gasteiger charge is -2.20. The van der Waals surface area contributed by atoms with E-state index in [0.29, 0.717) is 0 Å². The molecule has 1 heterocycles. The highest BCUT2D eigenvalue weighted by Gasteiger charge is 2.13. The number of nitrogens with one attached hydrogen (secondary N) is 1. The highest BCUT2D eigenvalue weighted by molar-refractivity contribution is 5.07. The van der Waals surface area contributed by atoms with E-state index < -0.39 is 5.60 Å². The fraction of sp³-hybridized carbons (Fsp3) is 0.800. The molecule has 0 aromatic carbocycles. The Bertz CT molecular complexity index is 167. The van der Waals surface area contributed by atoms with Gasteiger partial charge in [0.05, 0.1) is 5.60 Å². The van der Waals surface area contributed by atoms with E-state index in [9.17, 15) is 5.11 Å². The van der Waals surface area contributed by atoms with Crippen molar-refractivity contribution in [1.29, 1.82) is 0 Å². The van der Waals surface area contributed by atoms with Gasteiger partial charge in [0, 0.05) is 6.54 Å². The molecule has 0 aromatic heterocycles. The van der Waals surface area contributed by atoms with Crippen LogP contribution in [0, 0.1) is 0 Å². The highest BCUT2D eigenvalue weighted by atomic mass is 16.3. The molecular weight excluding hydrogens is 150 g/mol. The molecule has 0 saturated carbocycles. The molecule has 0 atom stereocenters. The zero-order valence-corrected chi connectivity index (χ0v) is 8.06. The largest absolute Gasteiger partial charge is 0.390 e. The number of aliphatic hydroxyl groups is 1. The fourth-order valence-electron chi connectivity index (χ4n) is 1.36. The summed E-state index contributed by atoms with van der Waals surface area (Å²) in [4.78, 5) is 0. The van der Waals surface area contributed by atoms with Crippen LogP contribution in [0.1, 0.15) is 33.1 Å². The van der Waals surface area contributed by atoms with Crippen LogP contribution in [0.25, 0.3) is 0 Å². The van der Waals surface area contributed by atoms with Gasteiger partial charge >= 0.3 is 0 Å². The SMILES string of the molecule is CC(C)(O)CCC1=CCNCC1. The number of hydrogen-bond donors (Lipinski definition) is 2. The summed E-state index contributed by atoms with van der Waals surface area (Å²) in [7, 11) is 0. The van der Waals surface area contributed by atoms with Crippen LogP contribution in [-0.2, 0) is 0 Å². The molecule has 70 valence electrons. The molecule has 2 nitrogen and oxygen atoms in total. The summed E-state index contributed by atoms with van der Waals surface area (Å²) in [6.45, 7) is 5.84. The van der Waals surface area contributed by atoms with E-state index in [1.54, 1.807) is 0 Å². The van der Waals surface area contributed by atoms with E-state index in [4.69, 9.17) is 0 Å². The third kappa shape index (κ3) is 3.88. The summed E-state index contributed by atoms with van der Waals surface area (Å²) in [5, 5.41) is 12.8. The van der Waals surface area contributed by atoms with Crippen molar-refractivity contribution in [3.05, 3.63) is 11.6 Å². The quantitative estimate of drug-likeness (QED) is 0.627. The summed E-state index contributed by atoms with van der Waals surface area (Å²) >= 11 is 0. The van der Waals surface area contributed by atoms with Crippen LogP contribution in [0.4, 0.5) is 0 Å². The molecule has 12 heavy (non-hydrogen) atoms. The zero-order chi connectivity index (χ0) is 9.03. The average molecular weight is 169 g/mol. The summed E-state index contributed by atoms with van der Waals surface area (Å²) < 4.78 is 0. The average Bonchev–Trinajstić information content (AvgIpc) is 2.02. The van der Waals surface area contributed by atoms with Crippen LogP contribution in [0.3, 0.4) is 0 Å². The molecule has 0 saturated heterocycles. The third-order valence-corrected chi connectivity index (χ3v) is 2.22. The van der Waals surface area contributed by atoms with Gasteiger partial charge in [-0.05, 0) is 39.7 Å². The van der Waals surface area contributed by atoms with Crippen molar-refractivity contribution in [3.63, 3.8) is 0 Å². The Morgan fingerprint density at radius 3 is 2.83 bits per heavy atom. The second-order valence-electron chi connectivity index (χ2n) is 4.13. The van der Waals surface area contributed by atoms with E-state index in [1.807, 2.05) is 13.8 Å². The minimum absolute atomic E-state index is 0.508. The Balaban J connectivity index is 2.26. The first kappa shape index (κ1) is 9.75. The Morgan fingerprint density at radius 1 is 1.58 bits per heavy atom. The van der Waals surface area contributed by atoms with Crippen molar-refractivity contribution in [2.45, 2.75) is 38.7 Å². The molecule has 0 bridgehead atoms. The lowest BCUT2D eigenvalue weighted by atomic mass is 9.96. The summed E-state index contributed by atoms with van der Waals surface area (Å²) in [6.07, 6.45) is 5.31. The summed E-state index contributed by atoms with van der Waals surface area (Å²) in [6, 6.07) is 0. The van der Waals surface area contributed by atoms with E-state index in [2.05, 4.69) is 11.4 Å².